The van der Waals surface area contributed by atoms with E-state index in [1.165, 1.54) is 6.07 Å². The SMILES string of the molecule is CSc1ccccc1C(=O)N1CCN(c2nccn2-c2ccccc2F)CC1. The Morgan fingerprint density at radius 3 is 2.50 bits per heavy atom. The van der Waals surface area contributed by atoms with Gasteiger partial charge in [-0.2, -0.15) is 0 Å². The second-order valence-corrected chi connectivity index (χ2v) is 7.38. The minimum absolute atomic E-state index is 0.0574. The molecule has 0 bridgehead atoms. The molecule has 28 heavy (non-hydrogen) atoms. The molecule has 1 aliphatic rings. The number of carbonyl (C=O) groups excluding carboxylic acids is 1. The summed E-state index contributed by atoms with van der Waals surface area (Å²) >= 11 is 1.58. The Morgan fingerprint density at radius 1 is 1.04 bits per heavy atom. The molecule has 0 spiro atoms. The van der Waals surface area contributed by atoms with Gasteiger partial charge in [-0.3, -0.25) is 9.36 Å². The molecular formula is C21H21FN4OS. The molecule has 0 saturated carbocycles. The third-order valence-corrected chi connectivity index (χ3v) is 5.72. The predicted octanol–water partition coefficient (Wildman–Crippen LogP) is 3.70. The Bertz CT molecular complexity index is 982. The molecule has 144 valence electrons. The molecule has 7 heteroatoms. The summed E-state index contributed by atoms with van der Waals surface area (Å²) in [6.07, 6.45) is 5.42. The summed E-state index contributed by atoms with van der Waals surface area (Å²) in [5.74, 6) is 0.466. The highest BCUT2D eigenvalue weighted by Gasteiger charge is 2.26. The minimum atomic E-state index is -0.288. The van der Waals surface area contributed by atoms with Gasteiger partial charge >= 0.3 is 0 Å². The molecule has 1 aliphatic heterocycles. The summed E-state index contributed by atoms with van der Waals surface area (Å²) in [5, 5.41) is 0. The second kappa shape index (κ2) is 8.06. The monoisotopic (exact) mass is 396 g/mol. The Hall–Kier alpha value is -2.80. The maximum Gasteiger partial charge on any atom is 0.255 e. The van der Waals surface area contributed by atoms with Crippen molar-refractivity contribution in [2.45, 2.75) is 4.90 Å². The van der Waals surface area contributed by atoms with Gasteiger partial charge in [0.05, 0.1) is 11.3 Å². The Balaban J connectivity index is 1.49. The molecule has 5 nitrogen and oxygen atoms in total. The molecule has 0 radical (unpaired) electrons. The van der Waals surface area contributed by atoms with Crippen LogP contribution in [0.25, 0.3) is 5.69 Å². The number of rotatable bonds is 4. The molecule has 1 amide bonds. The number of amides is 1. The number of anilines is 1. The van der Waals surface area contributed by atoms with E-state index in [1.54, 1.807) is 40.9 Å². The number of carbonyl (C=O) groups is 1. The van der Waals surface area contributed by atoms with Crippen molar-refractivity contribution >= 4 is 23.6 Å². The summed E-state index contributed by atoms with van der Waals surface area (Å²) in [6, 6.07) is 14.4. The van der Waals surface area contributed by atoms with Crippen LogP contribution in [0.4, 0.5) is 10.3 Å². The summed E-state index contributed by atoms with van der Waals surface area (Å²) in [6.45, 7) is 2.51. The standard InChI is InChI=1S/C21H21FN4OS/c1-28-19-9-5-2-6-16(19)20(27)24-12-14-25(15-13-24)21-23-10-11-26(21)18-8-4-3-7-17(18)22/h2-11H,12-15H2,1H3. The van der Waals surface area contributed by atoms with Gasteiger partial charge in [0.1, 0.15) is 5.82 Å². The van der Waals surface area contributed by atoms with Gasteiger partial charge < -0.3 is 9.80 Å². The first-order chi connectivity index (χ1) is 13.7. The average molecular weight is 396 g/mol. The van der Waals surface area contributed by atoms with Gasteiger partial charge in [-0.25, -0.2) is 9.37 Å². The number of hydrogen-bond acceptors (Lipinski definition) is 4. The number of imidazole rings is 1. The normalized spacial score (nSPS) is 14.4. The Morgan fingerprint density at radius 2 is 1.75 bits per heavy atom. The zero-order valence-electron chi connectivity index (χ0n) is 15.6. The fourth-order valence-electron chi connectivity index (χ4n) is 3.47. The number of aromatic nitrogens is 2. The quantitative estimate of drug-likeness (QED) is 0.631. The van der Waals surface area contributed by atoms with Crippen LogP contribution in [0, 0.1) is 5.82 Å². The number of thioether (sulfide) groups is 1. The first-order valence-corrected chi connectivity index (χ1v) is 10.4. The third kappa shape index (κ3) is 3.49. The number of benzene rings is 2. The van der Waals surface area contributed by atoms with E-state index >= 15 is 0 Å². The lowest BCUT2D eigenvalue weighted by atomic mass is 10.2. The van der Waals surface area contributed by atoms with Gasteiger partial charge in [0.2, 0.25) is 5.95 Å². The number of para-hydroxylation sites is 1. The van der Waals surface area contributed by atoms with Crippen molar-refractivity contribution in [2.24, 2.45) is 0 Å². The smallest absolute Gasteiger partial charge is 0.255 e. The molecule has 2 aromatic carbocycles. The van der Waals surface area contributed by atoms with Gasteiger partial charge in [0.25, 0.3) is 5.91 Å². The molecule has 1 aromatic heterocycles. The van der Waals surface area contributed by atoms with E-state index in [4.69, 9.17) is 0 Å². The lowest BCUT2D eigenvalue weighted by molar-refractivity contribution is 0.0742. The van der Waals surface area contributed by atoms with Crippen LogP contribution >= 0.6 is 11.8 Å². The van der Waals surface area contributed by atoms with Crippen LogP contribution < -0.4 is 4.90 Å². The number of nitrogens with zero attached hydrogens (tertiary/aromatic N) is 4. The lowest BCUT2D eigenvalue weighted by Gasteiger charge is -2.35. The molecule has 0 unspecified atom stereocenters. The van der Waals surface area contributed by atoms with Crippen molar-refractivity contribution < 1.29 is 9.18 Å². The van der Waals surface area contributed by atoms with Crippen molar-refractivity contribution in [3.05, 3.63) is 72.3 Å². The fourth-order valence-corrected chi connectivity index (χ4v) is 4.06. The van der Waals surface area contributed by atoms with E-state index in [0.29, 0.717) is 37.8 Å². The summed E-state index contributed by atoms with van der Waals surface area (Å²) in [4.78, 5) is 22.3. The molecule has 0 N–H and O–H groups in total. The van der Waals surface area contributed by atoms with Crippen LogP contribution in [-0.2, 0) is 0 Å². The first-order valence-electron chi connectivity index (χ1n) is 9.14. The van der Waals surface area contributed by atoms with E-state index in [0.717, 1.165) is 10.5 Å². The zero-order valence-corrected chi connectivity index (χ0v) is 16.4. The molecule has 4 rings (SSSR count). The zero-order chi connectivity index (χ0) is 19.5. The second-order valence-electron chi connectivity index (χ2n) is 6.53. The highest BCUT2D eigenvalue weighted by Crippen LogP contribution is 2.24. The topological polar surface area (TPSA) is 41.4 Å². The van der Waals surface area contributed by atoms with Crippen LogP contribution in [0.15, 0.2) is 65.8 Å². The fraction of sp³-hybridized carbons (Fsp3) is 0.238. The van der Waals surface area contributed by atoms with E-state index < -0.39 is 0 Å². The third-order valence-electron chi connectivity index (χ3n) is 4.92. The molecule has 1 saturated heterocycles. The van der Waals surface area contributed by atoms with Crippen LogP contribution in [0.5, 0.6) is 0 Å². The summed E-state index contributed by atoms with van der Waals surface area (Å²) in [5.41, 5.74) is 1.22. The first kappa shape index (κ1) is 18.6. The van der Waals surface area contributed by atoms with E-state index in [2.05, 4.69) is 9.88 Å². The van der Waals surface area contributed by atoms with Gasteiger partial charge in [-0.05, 0) is 30.5 Å². The minimum Gasteiger partial charge on any atom is -0.338 e. The van der Waals surface area contributed by atoms with E-state index in [-0.39, 0.29) is 11.7 Å². The molecular weight excluding hydrogens is 375 g/mol. The van der Waals surface area contributed by atoms with Crippen LogP contribution in [0.1, 0.15) is 10.4 Å². The number of halogens is 1. The van der Waals surface area contributed by atoms with Crippen LogP contribution in [-0.4, -0.2) is 52.8 Å². The van der Waals surface area contributed by atoms with Gasteiger partial charge in [-0.1, -0.05) is 24.3 Å². The molecule has 0 atom stereocenters. The molecule has 0 aliphatic carbocycles. The maximum atomic E-state index is 14.2. The highest BCUT2D eigenvalue weighted by atomic mass is 32.2. The van der Waals surface area contributed by atoms with Gasteiger partial charge in [0.15, 0.2) is 0 Å². The lowest BCUT2D eigenvalue weighted by Crippen LogP contribution is -2.49. The molecule has 2 heterocycles. The largest absolute Gasteiger partial charge is 0.338 e. The van der Waals surface area contributed by atoms with Crippen LogP contribution in [0.3, 0.4) is 0 Å². The van der Waals surface area contributed by atoms with Crippen molar-refractivity contribution in [2.75, 3.05) is 37.3 Å². The van der Waals surface area contributed by atoms with Crippen molar-refractivity contribution in [1.82, 2.24) is 14.5 Å². The summed E-state index contributed by atoms with van der Waals surface area (Å²) < 4.78 is 16.0. The summed E-state index contributed by atoms with van der Waals surface area (Å²) in [7, 11) is 0. The maximum absolute atomic E-state index is 14.2. The van der Waals surface area contributed by atoms with Gasteiger partial charge in [-0.15, -0.1) is 11.8 Å². The van der Waals surface area contributed by atoms with Crippen LogP contribution in [0.2, 0.25) is 0 Å². The van der Waals surface area contributed by atoms with Crippen molar-refractivity contribution in [3.8, 4) is 5.69 Å². The number of hydrogen-bond donors (Lipinski definition) is 0. The Kier molecular flexibility index (Phi) is 5.34. The van der Waals surface area contributed by atoms with Crippen molar-refractivity contribution in [3.63, 3.8) is 0 Å². The predicted molar refractivity (Wildman–Crippen MR) is 110 cm³/mol. The molecule has 1 fully saturated rings. The number of piperazine rings is 1. The highest BCUT2D eigenvalue weighted by molar-refractivity contribution is 7.98. The Labute approximate surface area is 167 Å². The molecule has 3 aromatic rings. The average Bonchev–Trinajstić information content (AvgIpc) is 3.23. The van der Waals surface area contributed by atoms with E-state index in [1.807, 2.05) is 41.5 Å². The van der Waals surface area contributed by atoms with Gasteiger partial charge in [0, 0.05) is 43.5 Å². The van der Waals surface area contributed by atoms with E-state index in [9.17, 15) is 9.18 Å². The van der Waals surface area contributed by atoms with Crippen molar-refractivity contribution in [1.29, 1.82) is 0 Å².